The Kier molecular flexibility index (Phi) is 5.70. The van der Waals surface area contributed by atoms with Crippen LogP contribution in [0.4, 0.5) is 0 Å². The fourth-order valence-corrected chi connectivity index (χ4v) is 2.71. The molecule has 0 saturated heterocycles. The molecule has 1 heterocycles. The van der Waals surface area contributed by atoms with Crippen molar-refractivity contribution in [1.82, 2.24) is 15.1 Å². The van der Waals surface area contributed by atoms with Crippen LogP contribution in [0.15, 0.2) is 0 Å². The van der Waals surface area contributed by atoms with E-state index in [1.165, 1.54) is 11.8 Å². The van der Waals surface area contributed by atoms with Crippen LogP contribution in [0.3, 0.4) is 0 Å². The van der Waals surface area contributed by atoms with Gasteiger partial charge in [0.25, 0.3) is 0 Å². The molecule has 0 fully saturated rings. The van der Waals surface area contributed by atoms with E-state index >= 15 is 0 Å². The number of amides is 1. The van der Waals surface area contributed by atoms with E-state index in [1.54, 1.807) is 18.7 Å². The summed E-state index contributed by atoms with van der Waals surface area (Å²) in [5, 5.41) is 17.3. The van der Waals surface area contributed by atoms with Gasteiger partial charge >= 0.3 is 0 Å². The van der Waals surface area contributed by atoms with Crippen LogP contribution >= 0.6 is 23.4 Å². The summed E-state index contributed by atoms with van der Waals surface area (Å²) >= 11 is 7.60. The van der Waals surface area contributed by atoms with Gasteiger partial charge in [0.05, 0.1) is 17.7 Å². The Balaban J connectivity index is 2.57. The molecule has 1 aromatic rings. The average molecular weight is 306 g/mol. The number of hydrogen-bond acceptors (Lipinski definition) is 4. The maximum absolute atomic E-state index is 11.9. The summed E-state index contributed by atoms with van der Waals surface area (Å²) in [6, 6.07) is 0. The Bertz CT molecular complexity index is 460. The largest absolute Gasteiger partial charge is 0.387 e. The van der Waals surface area contributed by atoms with E-state index < -0.39 is 5.60 Å². The van der Waals surface area contributed by atoms with Crippen LogP contribution in [0.2, 0.25) is 5.15 Å². The van der Waals surface area contributed by atoms with E-state index in [9.17, 15) is 9.90 Å². The van der Waals surface area contributed by atoms with Crippen molar-refractivity contribution in [3.8, 4) is 0 Å². The molecule has 0 radical (unpaired) electrons. The fraction of sp³-hybridized carbons (Fsp3) is 0.667. The number of carbonyl (C=O) groups is 1. The first-order valence-corrected chi connectivity index (χ1v) is 7.70. The second-order valence-corrected chi connectivity index (χ2v) is 6.09. The first-order valence-electron chi connectivity index (χ1n) is 5.93. The summed E-state index contributed by atoms with van der Waals surface area (Å²) in [5.41, 5.74) is 0.577. The van der Waals surface area contributed by atoms with Gasteiger partial charge in [-0.3, -0.25) is 9.48 Å². The highest BCUT2D eigenvalue weighted by molar-refractivity contribution is 7.98. The standard InChI is InChI=1S/C12H20ClN3O2S/c1-8-9(11(13)16(3)15-8)5-10(17)14-6-12(2,18)7-19-4/h18H,5-7H2,1-4H3,(H,14,17). The first-order chi connectivity index (χ1) is 8.76. The minimum atomic E-state index is -0.900. The number of aryl methyl sites for hydroxylation is 2. The summed E-state index contributed by atoms with van der Waals surface area (Å²) < 4.78 is 1.55. The zero-order chi connectivity index (χ0) is 14.6. The van der Waals surface area contributed by atoms with E-state index in [0.717, 1.165) is 11.3 Å². The van der Waals surface area contributed by atoms with Crippen molar-refractivity contribution in [2.75, 3.05) is 18.6 Å². The summed E-state index contributed by atoms with van der Waals surface area (Å²) in [4.78, 5) is 11.9. The molecule has 1 amide bonds. The number of aromatic nitrogens is 2. The predicted molar refractivity (Wildman–Crippen MR) is 78.7 cm³/mol. The molecule has 1 unspecified atom stereocenters. The molecule has 0 aliphatic rings. The van der Waals surface area contributed by atoms with Crippen molar-refractivity contribution in [2.45, 2.75) is 25.9 Å². The molecule has 108 valence electrons. The van der Waals surface area contributed by atoms with Crippen LogP contribution in [0, 0.1) is 6.92 Å². The molecule has 0 aliphatic carbocycles. The predicted octanol–water partition coefficient (Wildman–Crippen LogP) is 1.15. The quantitative estimate of drug-likeness (QED) is 0.827. The third kappa shape index (κ3) is 4.71. The molecule has 1 aromatic heterocycles. The van der Waals surface area contributed by atoms with E-state index in [4.69, 9.17) is 11.6 Å². The molecule has 1 atom stereocenters. The number of nitrogens with one attached hydrogen (secondary N) is 1. The van der Waals surface area contributed by atoms with Crippen LogP contribution in [0.1, 0.15) is 18.2 Å². The summed E-state index contributed by atoms with van der Waals surface area (Å²) in [6.45, 7) is 3.74. The van der Waals surface area contributed by atoms with Gasteiger partial charge in [0.15, 0.2) is 0 Å². The van der Waals surface area contributed by atoms with E-state index in [0.29, 0.717) is 10.9 Å². The topological polar surface area (TPSA) is 67.2 Å². The first kappa shape index (κ1) is 16.3. The fourth-order valence-electron chi connectivity index (χ4n) is 1.75. The maximum Gasteiger partial charge on any atom is 0.224 e. The van der Waals surface area contributed by atoms with Crippen LogP contribution in [-0.4, -0.2) is 44.9 Å². The number of halogens is 1. The van der Waals surface area contributed by atoms with Gasteiger partial charge in [-0.05, 0) is 20.1 Å². The van der Waals surface area contributed by atoms with Crippen molar-refractivity contribution < 1.29 is 9.90 Å². The zero-order valence-corrected chi connectivity index (χ0v) is 13.2. The number of thioether (sulfide) groups is 1. The zero-order valence-electron chi connectivity index (χ0n) is 11.7. The highest BCUT2D eigenvalue weighted by Gasteiger charge is 2.21. The third-order valence-electron chi connectivity index (χ3n) is 2.73. The van der Waals surface area contributed by atoms with Crippen molar-refractivity contribution >= 4 is 29.3 Å². The Hall–Kier alpha value is -0.720. The van der Waals surface area contributed by atoms with Gasteiger partial charge in [0.2, 0.25) is 5.91 Å². The number of rotatable bonds is 6. The SMILES string of the molecule is CSCC(C)(O)CNC(=O)Cc1c(C)nn(C)c1Cl. The highest BCUT2D eigenvalue weighted by Crippen LogP contribution is 2.19. The lowest BCUT2D eigenvalue weighted by Crippen LogP contribution is -2.42. The van der Waals surface area contributed by atoms with Gasteiger partial charge in [-0.2, -0.15) is 16.9 Å². The Morgan fingerprint density at radius 3 is 2.74 bits per heavy atom. The number of aliphatic hydroxyl groups is 1. The van der Waals surface area contributed by atoms with Gasteiger partial charge < -0.3 is 10.4 Å². The lowest BCUT2D eigenvalue weighted by Gasteiger charge is -2.22. The van der Waals surface area contributed by atoms with E-state index in [1.807, 2.05) is 13.2 Å². The minimum Gasteiger partial charge on any atom is -0.387 e. The Morgan fingerprint density at radius 1 is 1.63 bits per heavy atom. The Labute approximate surface area is 122 Å². The van der Waals surface area contributed by atoms with Crippen molar-refractivity contribution in [2.24, 2.45) is 7.05 Å². The second-order valence-electron chi connectivity index (χ2n) is 4.86. The highest BCUT2D eigenvalue weighted by atomic mass is 35.5. The van der Waals surface area contributed by atoms with Crippen LogP contribution in [0.5, 0.6) is 0 Å². The normalized spacial score (nSPS) is 14.2. The lowest BCUT2D eigenvalue weighted by molar-refractivity contribution is -0.121. The van der Waals surface area contributed by atoms with Gasteiger partial charge in [0, 0.05) is 24.9 Å². The molecule has 0 aromatic carbocycles. The number of hydrogen-bond donors (Lipinski definition) is 2. The van der Waals surface area contributed by atoms with Gasteiger partial charge in [0.1, 0.15) is 5.15 Å². The molecular formula is C12H20ClN3O2S. The van der Waals surface area contributed by atoms with Crippen LogP contribution in [0.25, 0.3) is 0 Å². The number of carbonyl (C=O) groups excluding carboxylic acids is 1. The molecule has 19 heavy (non-hydrogen) atoms. The minimum absolute atomic E-state index is 0.167. The van der Waals surface area contributed by atoms with Gasteiger partial charge in [-0.25, -0.2) is 0 Å². The average Bonchev–Trinajstić information content (AvgIpc) is 2.54. The molecular weight excluding hydrogens is 286 g/mol. The van der Waals surface area contributed by atoms with Crippen molar-refractivity contribution in [3.05, 3.63) is 16.4 Å². The molecule has 1 rings (SSSR count). The third-order valence-corrected chi connectivity index (χ3v) is 4.11. The molecule has 0 aliphatic heterocycles. The van der Waals surface area contributed by atoms with E-state index in [2.05, 4.69) is 10.4 Å². The summed E-state index contributed by atoms with van der Waals surface area (Å²) in [6.07, 6.45) is 2.09. The van der Waals surface area contributed by atoms with Gasteiger partial charge in [-0.1, -0.05) is 11.6 Å². The molecule has 7 heteroatoms. The number of nitrogens with zero attached hydrogens (tertiary/aromatic N) is 2. The molecule has 0 saturated carbocycles. The monoisotopic (exact) mass is 305 g/mol. The van der Waals surface area contributed by atoms with Crippen LogP contribution in [-0.2, 0) is 18.3 Å². The molecule has 0 spiro atoms. The smallest absolute Gasteiger partial charge is 0.224 e. The van der Waals surface area contributed by atoms with Crippen LogP contribution < -0.4 is 5.32 Å². The molecule has 2 N–H and O–H groups in total. The van der Waals surface area contributed by atoms with Gasteiger partial charge in [-0.15, -0.1) is 0 Å². The Morgan fingerprint density at radius 2 is 2.26 bits per heavy atom. The maximum atomic E-state index is 11.9. The van der Waals surface area contributed by atoms with E-state index in [-0.39, 0.29) is 18.9 Å². The lowest BCUT2D eigenvalue weighted by atomic mass is 10.1. The van der Waals surface area contributed by atoms with Crippen molar-refractivity contribution in [1.29, 1.82) is 0 Å². The summed E-state index contributed by atoms with van der Waals surface area (Å²) in [7, 11) is 1.74. The second kappa shape index (κ2) is 6.63. The summed E-state index contributed by atoms with van der Waals surface area (Å²) in [5.74, 6) is 0.402. The molecule has 0 bridgehead atoms. The molecule has 5 nitrogen and oxygen atoms in total. The van der Waals surface area contributed by atoms with Crippen molar-refractivity contribution in [3.63, 3.8) is 0 Å².